The predicted molar refractivity (Wildman–Crippen MR) is 51.8 cm³/mol. The highest BCUT2D eigenvalue weighted by molar-refractivity contribution is 5.81. The maximum Gasteiger partial charge on any atom is 0.303 e. The molecule has 0 aromatic rings. The van der Waals surface area contributed by atoms with Crippen LogP contribution in [0.25, 0.3) is 0 Å². The van der Waals surface area contributed by atoms with Gasteiger partial charge in [-0.25, -0.2) is 0 Å². The van der Waals surface area contributed by atoms with Crippen molar-refractivity contribution in [1.82, 2.24) is 5.32 Å². The van der Waals surface area contributed by atoms with Crippen molar-refractivity contribution < 1.29 is 14.7 Å². The van der Waals surface area contributed by atoms with E-state index in [1.165, 1.54) is 0 Å². The van der Waals surface area contributed by atoms with Crippen molar-refractivity contribution >= 4 is 11.9 Å². The fourth-order valence-corrected chi connectivity index (χ4v) is 2.10. The summed E-state index contributed by atoms with van der Waals surface area (Å²) in [6.07, 6.45) is 2.66. The van der Waals surface area contributed by atoms with Gasteiger partial charge in [-0.15, -0.1) is 0 Å². The maximum absolute atomic E-state index is 11.4. The molecule has 1 rings (SSSR count). The van der Waals surface area contributed by atoms with Gasteiger partial charge in [0, 0.05) is 18.9 Å². The van der Waals surface area contributed by atoms with Crippen molar-refractivity contribution in [3.8, 4) is 0 Å². The fraction of sp³-hybridized carbons (Fsp3) is 0.800. The third-order valence-electron chi connectivity index (χ3n) is 2.76. The zero-order valence-corrected chi connectivity index (χ0v) is 8.45. The van der Waals surface area contributed by atoms with Gasteiger partial charge in [0.1, 0.15) is 0 Å². The molecule has 2 N–H and O–H groups in total. The first-order valence-corrected chi connectivity index (χ1v) is 5.14. The molecular weight excluding hydrogens is 182 g/mol. The summed E-state index contributed by atoms with van der Waals surface area (Å²) in [5, 5.41) is 11.5. The van der Waals surface area contributed by atoms with Gasteiger partial charge in [-0.3, -0.25) is 9.59 Å². The number of hydrogen-bond acceptors (Lipinski definition) is 2. The number of rotatable bonds is 5. The van der Waals surface area contributed by atoms with Gasteiger partial charge in [-0.05, 0) is 18.8 Å². The third-order valence-corrected chi connectivity index (χ3v) is 2.76. The lowest BCUT2D eigenvalue weighted by atomic mass is 9.85. The van der Waals surface area contributed by atoms with Crippen molar-refractivity contribution in [2.24, 2.45) is 11.8 Å². The number of carbonyl (C=O) groups excluding carboxylic acids is 1. The van der Waals surface area contributed by atoms with Crippen LogP contribution in [0.15, 0.2) is 0 Å². The minimum Gasteiger partial charge on any atom is -0.481 e. The zero-order valence-electron chi connectivity index (χ0n) is 8.45. The second-order valence-electron chi connectivity index (χ2n) is 3.83. The first-order chi connectivity index (χ1) is 6.65. The van der Waals surface area contributed by atoms with Gasteiger partial charge < -0.3 is 10.4 Å². The highest BCUT2D eigenvalue weighted by Gasteiger charge is 2.32. The summed E-state index contributed by atoms with van der Waals surface area (Å²) in [6, 6.07) is 0. The van der Waals surface area contributed by atoms with E-state index in [-0.39, 0.29) is 24.2 Å². The minimum atomic E-state index is -0.803. The first kappa shape index (κ1) is 11.0. The first-order valence-electron chi connectivity index (χ1n) is 5.14. The van der Waals surface area contributed by atoms with Crippen molar-refractivity contribution in [3.05, 3.63) is 0 Å². The summed E-state index contributed by atoms with van der Waals surface area (Å²) in [6.45, 7) is 2.71. The molecule has 1 aliphatic heterocycles. The smallest absolute Gasteiger partial charge is 0.303 e. The van der Waals surface area contributed by atoms with E-state index in [0.29, 0.717) is 6.54 Å². The van der Waals surface area contributed by atoms with Crippen LogP contribution >= 0.6 is 0 Å². The molecule has 0 aliphatic carbocycles. The number of aliphatic carboxylic acids is 1. The second-order valence-corrected chi connectivity index (χ2v) is 3.83. The largest absolute Gasteiger partial charge is 0.481 e. The fourth-order valence-electron chi connectivity index (χ4n) is 2.10. The third kappa shape index (κ3) is 2.72. The topological polar surface area (TPSA) is 66.4 Å². The normalized spacial score (nSPS) is 23.2. The molecule has 0 radical (unpaired) electrons. The van der Waals surface area contributed by atoms with E-state index in [1.54, 1.807) is 0 Å². The zero-order chi connectivity index (χ0) is 10.6. The lowest BCUT2D eigenvalue weighted by Crippen LogP contribution is -2.26. The quantitative estimate of drug-likeness (QED) is 0.694. The summed E-state index contributed by atoms with van der Waals surface area (Å²) in [4.78, 5) is 22.0. The molecule has 0 aromatic heterocycles. The molecule has 1 fully saturated rings. The summed E-state index contributed by atoms with van der Waals surface area (Å²) in [5.41, 5.74) is 0. The molecule has 1 heterocycles. The van der Waals surface area contributed by atoms with E-state index >= 15 is 0 Å². The van der Waals surface area contributed by atoms with E-state index in [4.69, 9.17) is 5.11 Å². The molecule has 1 saturated heterocycles. The minimum absolute atomic E-state index is 0.0139. The van der Waals surface area contributed by atoms with Gasteiger partial charge >= 0.3 is 5.97 Å². The predicted octanol–water partition coefficient (Wildman–Crippen LogP) is 1.01. The standard InChI is InChI=1S/C10H17NO3/c1-2-3-7(6-9(12)13)8-4-5-11-10(8)14/h7-8H,2-6H2,1H3,(H,11,14)(H,12,13)/t7-,8-/m1/s1. The van der Waals surface area contributed by atoms with Gasteiger partial charge in [-0.2, -0.15) is 0 Å². The van der Waals surface area contributed by atoms with Gasteiger partial charge in [0.2, 0.25) is 5.91 Å². The van der Waals surface area contributed by atoms with Crippen LogP contribution in [-0.4, -0.2) is 23.5 Å². The Morgan fingerprint density at radius 3 is 2.86 bits per heavy atom. The number of carboxylic acids is 1. The van der Waals surface area contributed by atoms with Crippen LogP contribution in [0.2, 0.25) is 0 Å². The van der Waals surface area contributed by atoms with E-state index in [9.17, 15) is 9.59 Å². The molecule has 0 saturated carbocycles. The molecule has 2 atom stereocenters. The van der Waals surface area contributed by atoms with E-state index < -0.39 is 5.97 Å². The lowest BCUT2D eigenvalue weighted by Gasteiger charge is -2.18. The molecule has 0 aromatic carbocycles. The van der Waals surface area contributed by atoms with Crippen LogP contribution in [0, 0.1) is 11.8 Å². The van der Waals surface area contributed by atoms with Crippen LogP contribution in [0.4, 0.5) is 0 Å². The Labute approximate surface area is 83.7 Å². The Morgan fingerprint density at radius 1 is 1.71 bits per heavy atom. The Hall–Kier alpha value is -1.06. The van der Waals surface area contributed by atoms with Gasteiger partial charge in [0.15, 0.2) is 0 Å². The number of nitrogens with one attached hydrogen (secondary N) is 1. The van der Waals surface area contributed by atoms with Gasteiger partial charge in [0.25, 0.3) is 0 Å². The van der Waals surface area contributed by atoms with Gasteiger partial charge in [-0.1, -0.05) is 13.3 Å². The van der Waals surface area contributed by atoms with Crippen LogP contribution < -0.4 is 5.32 Å². The summed E-state index contributed by atoms with van der Waals surface area (Å²) >= 11 is 0. The highest BCUT2D eigenvalue weighted by atomic mass is 16.4. The number of carboxylic acid groups (broad SMARTS) is 1. The monoisotopic (exact) mass is 199 g/mol. The van der Waals surface area contributed by atoms with Crippen molar-refractivity contribution in [1.29, 1.82) is 0 Å². The van der Waals surface area contributed by atoms with E-state index in [0.717, 1.165) is 19.3 Å². The van der Waals surface area contributed by atoms with Crippen LogP contribution in [0.5, 0.6) is 0 Å². The molecule has 0 unspecified atom stereocenters. The Kier molecular flexibility index (Phi) is 3.92. The van der Waals surface area contributed by atoms with Crippen molar-refractivity contribution in [3.63, 3.8) is 0 Å². The lowest BCUT2D eigenvalue weighted by molar-refractivity contribution is -0.139. The van der Waals surface area contributed by atoms with Crippen LogP contribution in [-0.2, 0) is 9.59 Å². The van der Waals surface area contributed by atoms with Crippen molar-refractivity contribution in [2.45, 2.75) is 32.6 Å². The summed E-state index contributed by atoms with van der Waals surface area (Å²) in [7, 11) is 0. The molecule has 4 nitrogen and oxygen atoms in total. The Morgan fingerprint density at radius 2 is 2.43 bits per heavy atom. The molecule has 1 aliphatic rings. The summed E-state index contributed by atoms with van der Waals surface area (Å²) < 4.78 is 0. The van der Waals surface area contributed by atoms with E-state index in [1.807, 2.05) is 6.92 Å². The molecule has 0 spiro atoms. The Balaban J connectivity index is 2.56. The average molecular weight is 199 g/mol. The van der Waals surface area contributed by atoms with E-state index in [2.05, 4.69) is 5.32 Å². The Bertz CT molecular complexity index is 227. The van der Waals surface area contributed by atoms with Crippen LogP contribution in [0.1, 0.15) is 32.6 Å². The van der Waals surface area contributed by atoms with Crippen molar-refractivity contribution in [2.75, 3.05) is 6.54 Å². The number of carbonyl (C=O) groups is 2. The van der Waals surface area contributed by atoms with Crippen LogP contribution in [0.3, 0.4) is 0 Å². The molecule has 1 amide bonds. The molecule has 4 heteroatoms. The number of amides is 1. The molecular formula is C10H17NO3. The summed E-state index contributed by atoms with van der Waals surface area (Å²) in [5.74, 6) is -0.834. The number of hydrogen-bond donors (Lipinski definition) is 2. The SMILES string of the molecule is CCC[C@H](CC(=O)O)[C@H]1CCNC1=O. The molecule has 80 valence electrons. The molecule has 0 bridgehead atoms. The second kappa shape index (κ2) is 4.98. The maximum atomic E-state index is 11.4. The average Bonchev–Trinajstić information content (AvgIpc) is 2.50. The highest BCUT2D eigenvalue weighted by Crippen LogP contribution is 2.27. The molecule has 14 heavy (non-hydrogen) atoms. The van der Waals surface area contributed by atoms with Gasteiger partial charge in [0.05, 0.1) is 0 Å².